The van der Waals surface area contributed by atoms with Gasteiger partial charge in [0, 0.05) is 10.6 Å². The Kier molecular flexibility index (Phi) is 5.48. The number of anilines is 1. The summed E-state index contributed by atoms with van der Waals surface area (Å²) in [6.45, 7) is 1.38. The van der Waals surface area contributed by atoms with E-state index < -0.39 is 10.0 Å². The van der Waals surface area contributed by atoms with Crippen molar-refractivity contribution < 1.29 is 17.9 Å². The minimum atomic E-state index is -3.94. The Morgan fingerprint density at radius 3 is 2.41 bits per heavy atom. The highest BCUT2D eigenvalue weighted by molar-refractivity contribution is 7.92. The maximum atomic E-state index is 12.8. The summed E-state index contributed by atoms with van der Waals surface area (Å²) < 4.78 is 33.8. The minimum absolute atomic E-state index is 0.0270. The van der Waals surface area contributed by atoms with E-state index in [1.807, 2.05) is 18.2 Å². The number of ether oxygens (including phenoxy) is 1. The van der Waals surface area contributed by atoms with Gasteiger partial charge in [-0.1, -0.05) is 41.9 Å². The minimum Gasteiger partial charge on any atom is -0.455 e. The molecule has 0 spiro atoms. The van der Waals surface area contributed by atoms with E-state index in [0.717, 1.165) is 0 Å². The van der Waals surface area contributed by atoms with Crippen molar-refractivity contribution in [3.63, 3.8) is 0 Å². The molecule has 138 valence electrons. The summed E-state index contributed by atoms with van der Waals surface area (Å²) in [5.74, 6) is 0.638. The van der Waals surface area contributed by atoms with Gasteiger partial charge in [0.25, 0.3) is 10.0 Å². The molecule has 3 rings (SSSR count). The molecule has 0 radical (unpaired) electrons. The second kappa shape index (κ2) is 7.82. The number of benzene rings is 3. The Morgan fingerprint density at radius 1 is 0.963 bits per heavy atom. The van der Waals surface area contributed by atoms with Crippen LogP contribution >= 0.6 is 11.6 Å². The Hall–Kier alpha value is -2.83. The van der Waals surface area contributed by atoms with Crippen LogP contribution in [0.1, 0.15) is 17.3 Å². The highest BCUT2D eigenvalue weighted by Crippen LogP contribution is 2.33. The van der Waals surface area contributed by atoms with E-state index in [4.69, 9.17) is 16.3 Å². The molecule has 0 unspecified atom stereocenters. The van der Waals surface area contributed by atoms with E-state index in [1.54, 1.807) is 30.3 Å². The van der Waals surface area contributed by atoms with Crippen molar-refractivity contribution in [2.24, 2.45) is 0 Å². The third-order valence-corrected chi connectivity index (χ3v) is 5.31. The predicted molar refractivity (Wildman–Crippen MR) is 105 cm³/mol. The van der Waals surface area contributed by atoms with E-state index in [1.165, 1.54) is 31.2 Å². The van der Waals surface area contributed by atoms with Crippen LogP contribution in [0.5, 0.6) is 11.5 Å². The number of rotatable bonds is 6. The van der Waals surface area contributed by atoms with E-state index in [9.17, 15) is 13.2 Å². The Labute approximate surface area is 162 Å². The number of hydrogen-bond acceptors (Lipinski definition) is 4. The van der Waals surface area contributed by atoms with Crippen molar-refractivity contribution in [1.82, 2.24) is 0 Å². The fourth-order valence-corrected chi connectivity index (χ4v) is 3.65. The molecule has 7 heteroatoms. The molecule has 0 heterocycles. The van der Waals surface area contributed by atoms with Crippen LogP contribution in [-0.4, -0.2) is 14.2 Å². The number of halogens is 1. The molecule has 0 saturated heterocycles. The van der Waals surface area contributed by atoms with Gasteiger partial charge in [-0.3, -0.25) is 9.52 Å². The van der Waals surface area contributed by atoms with Crippen LogP contribution in [0.4, 0.5) is 5.69 Å². The molecule has 3 aromatic carbocycles. The lowest BCUT2D eigenvalue weighted by molar-refractivity contribution is 0.101. The first-order valence-corrected chi connectivity index (χ1v) is 9.87. The highest BCUT2D eigenvalue weighted by Gasteiger charge is 2.18. The third kappa shape index (κ3) is 4.67. The molecule has 1 N–H and O–H groups in total. The molecule has 0 aromatic heterocycles. The zero-order chi connectivity index (χ0) is 19.4. The molecular weight excluding hydrogens is 386 g/mol. The van der Waals surface area contributed by atoms with Gasteiger partial charge in [-0.25, -0.2) is 8.42 Å². The second-order valence-corrected chi connectivity index (χ2v) is 7.86. The molecule has 3 aromatic rings. The monoisotopic (exact) mass is 401 g/mol. The maximum absolute atomic E-state index is 12.8. The van der Waals surface area contributed by atoms with Gasteiger partial charge < -0.3 is 4.74 Å². The van der Waals surface area contributed by atoms with Crippen LogP contribution in [0.15, 0.2) is 77.7 Å². The van der Waals surface area contributed by atoms with Crippen molar-refractivity contribution in [3.8, 4) is 11.5 Å². The zero-order valence-corrected chi connectivity index (χ0v) is 15.9. The number of carbonyl (C=O) groups excluding carboxylic acids is 1. The van der Waals surface area contributed by atoms with Crippen LogP contribution in [0, 0.1) is 0 Å². The molecule has 0 bridgehead atoms. The zero-order valence-electron chi connectivity index (χ0n) is 14.3. The van der Waals surface area contributed by atoms with Gasteiger partial charge in [0.05, 0.1) is 10.6 Å². The molecule has 0 atom stereocenters. The van der Waals surface area contributed by atoms with Crippen molar-refractivity contribution in [2.45, 2.75) is 11.8 Å². The van der Waals surface area contributed by atoms with E-state index in [-0.39, 0.29) is 16.4 Å². The van der Waals surface area contributed by atoms with Crippen LogP contribution in [0.2, 0.25) is 5.02 Å². The van der Waals surface area contributed by atoms with Crippen molar-refractivity contribution in [2.75, 3.05) is 4.72 Å². The molecule has 0 amide bonds. The first-order valence-electron chi connectivity index (χ1n) is 8.01. The lowest BCUT2D eigenvalue weighted by atomic mass is 10.2. The van der Waals surface area contributed by atoms with E-state index in [2.05, 4.69) is 4.72 Å². The van der Waals surface area contributed by atoms with Crippen molar-refractivity contribution in [3.05, 3.63) is 83.4 Å². The highest BCUT2D eigenvalue weighted by atomic mass is 35.5. The van der Waals surface area contributed by atoms with E-state index in [0.29, 0.717) is 22.1 Å². The fraction of sp³-hybridized carbons (Fsp3) is 0.0500. The van der Waals surface area contributed by atoms with Crippen molar-refractivity contribution >= 4 is 33.1 Å². The molecule has 0 aliphatic rings. The molecule has 0 aliphatic carbocycles. The molecule has 0 saturated carbocycles. The Morgan fingerprint density at radius 2 is 1.70 bits per heavy atom. The fourth-order valence-electron chi connectivity index (χ4n) is 2.37. The van der Waals surface area contributed by atoms with Crippen LogP contribution in [0.25, 0.3) is 0 Å². The number of para-hydroxylation sites is 1. The average Bonchev–Trinajstić information content (AvgIpc) is 2.65. The smallest absolute Gasteiger partial charge is 0.262 e. The molecular formula is C20H16ClNO4S. The SMILES string of the molecule is CC(=O)c1cccc(S(=O)(=O)Nc2cc(Cl)ccc2Oc2ccccc2)c1. The third-order valence-electron chi connectivity index (χ3n) is 3.71. The van der Waals surface area contributed by atoms with Crippen LogP contribution in [0.3, 0.4) is 0 Å². The Bertz CT molecular complexity index is 1080. The first-order chi connectivity index (χ1) is 12.8. The standard InChI is InChI=1S/C20H16ClNO4S/c1-14(23)15-6-5-9-18(12-15)27(24,25)22-19-13-16(21)10-11-20(19)26-17-7-3-2-4-8-17/h2-13,22H,1H3. The number of sulfonamides is 1. The summed E-state index contributed by atoms with van der Waals surface area (Å²) in [4.78, 5) is 11.5. The number of nitrogens with one attached hydrogen (secondary N) is 1. The topological polar surface area (TPSA) is 72.5 Å². The predicted octanol–water partition coefficient (Wildman–Crippen LogP) is 5.14. The van der Waals surface area contributed by atoms with Gasteiger partial charge in [-0.15, -0.1) is 0 Å². The van der Waals surface area contributed by atoms with Crippen LogP contribution < -0.4 is 9.46 Å². The summed E-state index contributed by atoms with van der Waals surface area (Å²) in [5, 5.41) is 0.352. The van der Waals surface area contributed by atoms with Crippen LogP contribution in [-0.2, 0) is 10.0 Å². The number of Topliss-reactive ketones (excluding diaryl/α,β-unsaturated/α-hetero) is 1. The lowest BCUT2D eigenvalue weighted by Crippen LogP contribution is -2.14. The summed E-state index contributed by atoms with van der Waals surface area (Å²) in [6, 6.07) is 19.4. The summed E-state index contributed by atoms with van der Waals surface area (Å²) in [7, 11) is -3.94. The summed E-state index contributed by atoms with van der Waals surface area (Å²) in [5.41, 5.74) is 0.504. The Balaban J connectivity index is 1.95. The molecule has 0 fully saturated rings. The van der Waals surface area contributed by atoms with Gasteiger partial charge >= 0.3 is 0 Å². The number of hydrogen-bond donors (Lipinski definition) is 1. The van der Waals surface area contributed by atoms with E-state index >= 15 is 0 Å². The summed E-state index contributed by atoms with van der Waals surface area (Å²) >= 11 is 6.03. The van der Waals surface area contributed by atoms with Gasteiger partial charge in [0.1, 0.15) is 5.75 Å². The average molecular weight is 402 g/mol. The quantitative estimate of drug-likeness (QED) is 0.581. The second-order valence-electron chi connectivity index (χ2n) is 5.75. The number of ketones is 1. The van der Waals surface area contributed by atoms with Gasteiger partial charge in [-0.2, -0.15) is 0 Å². The lowest BCUT2D eigenvalue weighted by Gasteiger charge is -2.14. The maximum Gasteiger partial charge on any atom is 0.262 e. The summed E-state index contributed by atoms with van der Waals surface area (Å²) in [6.07, 6.45) is 0. The van der Waals surface area contributed by atoms with Crippen molar-refractivity contribution in [1.29, 1.82) is 0 Å². The number of carbonyl (C=O) groups is 1. The molecule has 27 heavy (non-hydrogen) atoms. The van der Waals surface area contributed by atoms with Gasteiger partial charge in [0.15, 0.2) is 11.5 Å². The molecule has 0 aliphatic heterocycles. The largest absolute Gasteiger partial charge is 0.455 e. The first kappa shape index (κ1) is 18.9. The normalized spacial score (nSPS) is 11.0. The van der Waals surface area contributed by atoms with Gasteiger partial charge in [-0.05, 0) is 49.4 Å². The van der Waals surface area contributed by atoms with Gasteiger partial charge in [0.2, 0.25) is 0 Å². The molecule has 5 nitrogen and oxygen atoms in total.